The van der Waals surface area contributed by atoms with E-state index in [1.807, 2.05) is 12.1 Å². The molecule has 0 saturated heterocycles. The molecular weight excluding hydrogens is 241 g/mol. The van der Waals surface area contributed by atoms with E-state index in [0.717, 1.165) is 18.1 Å². The van der Waals surface area contributed by atoms with E-state index >= 15 is 0 Å². The van der Waals surface area contributed by atoms with Gasteiger partial charge in [0.05, 0.1) is 0 Å². The molecule has 0 radical (unpaired) electrons. The van der Waals surface area contributed by atoms with Gasteiger partial charge in [-0.15, -0.1) is 0 Å². The van der Waals surface area contributed by atoms with Crippen molar-refractivity contribution in [3.63, 3.8) is 0 Å². The number of nitrogen functional groups attached to an aromatic ring is 1. The molecule has 0 amide bonds. The van der Waals surface area contributed by atoms with Gasteiger partial charge >= 0.3 is 6.18 Å². The Labute approximate surface area is 106 Å². The highest BCUT2D eigenvalue weighted by atomic mass is 19.4. The fraction of sp³-hybridized carbons (Fsp3) is 0.462. The number of hydrogen-bond acceptors (Lipinski definition) is 2. The van der Waals surface area contributed by atoms with Gasteiger partial charge in [0.1, 0.15) is 5.82 Å². The summed E-state index contributed by atoms with van der Waals surface area (Å²) in [6.07, 6.45) is -0.249. The van der Waals surface area contributed by atoms with Crippen LogP contribution in [0.2, 0.25) is 0 Å². The van der Waals surface area contributed by atoms with Gasteiger partial charge in [-0.25, -0.2) is 4.98 Å². The summed E-state index contributed by atoms with van der Waals surface area (Å²) in [7, 11) is 0. The third-order valence-electron chi connectivity index (χ3n) is 1.91. The Morgan fingerprint density at radius 3 is 2.33 bits per heavy atom. The molecule has 18 heavy (non-hydrogen) atoms. The molecule has 1 aromatic rings. The van der Waals surface area contributed by atoms with Crippen LogP contribution >= 0.6 is 0 Å². The lowest BCUT2D eigenvalue weighted by Crippen LogP contribution is -2.00. The molecule has 1 aromatic heterocycles. The van der Waals surface area contributed by atoms with Crippen LogP contribution < -0.4 is 5.73 Å². The molecule has 2 nitrogen and oxygen atoms in total. The summed E-state index contributed by atoms with van der Waals surface area (Å²) in [5.41, 5.74) is 6.81. The number of anilines is 1. The first-order chi connectivity index (χ1) is 8.26. The average molecular weight is 260 g/mol. The number of aromatic nitrogens is 1. The lowest BCUT2D eigenvalue weighted by atomic mass is 10.0. The SMILES string of the molecule is C/C=C/C(F)(F)F.CC(C)Cc1cccnc1N. The molecule has 1 heterocycles. The van der Waals surface area contributed by atoms with Gasteiger partial charge in [-0.1, -0.05) is 26.0 Å². The van der Waals surface area contributed by atoms with E-state index in [9.17, 15) is 13.2 Å². The molecule has 0 fully saturated rings. The first kappa shape index (κ1) is 16.5. The molecule has 0 aliphatic heterocycles. The Kier molecular flexibility index (Phi) is 7.08. The van der Waals surface area contributed by atoms with Crippen LogP contribution in [-0.4, -0.2) is 11.2 Å². The van der Waals surface area contributed by atoms with Crippen molar-refractivity contribution in [2.24, 2.45) is 5.92 Å². The fourth-order valence-corrected chi connectivity index (χ4v) is 1.25. The molecule has 0 atom stereocenters. The lowest BCUT2D eigenvalue weighted by molar-refractivity contribution is -0.0799. The number of nitrogens with two attached hydrogens (primary N) is 1. The van der Waals surface area contributed by atoms with Gasteiger partial charge in [0.2, 0.25) is 0 Å². The van der Waals surface area contributed by atoms with Crippen molar-refractivity contribution in [1.82, 2.24) is 4.98 Å². The van der Waals surface area contributed by atoms with Gasteiger partial charge in [0.25, 0.3) is 0 Å². The van der Waals surface area contributed by atoms with Crippen LogP contribution in [0.15, 0.2) is 30.5 Å². The topological polar surface area (TPSA) is 38.9 Å². The predicted molar refractivity (Wildman–Crippen MR) is 68.1 cm³/mol. The minimum Gasteiger partial charge on any atom is -0.383 e. The minimum atomic E-state index is -4.13. The number of hydrogen-bond donors (Lipinski definition) is 1. The number of nitrogens with zero attached hydrogens (tertiary/aromatic N) is 1. The largest absolute Gasteiger partial charge is 0.409 e. The number of pyridine rings is 1. The van der Waals surface area contributed by atoms with E-state index in [2.05, 4.69) is 18.8 Å². The molecule has 0 bridgehead atoms. The van der Waals surface area contributed by atoms with Crippen molar-refractivity contribution < 1.29 is 13.2 Å². The molecule has 1 rings (SSSR count). The first-order valence-electron chi connectivity index (χ1n) is 5.66. The molecule has 0 saturated carbocycles. The molecule has 0 aliphatic carbocycles. The summed E-state index contributed by atoms with van der Waals surface area (Å²) in [6, 6.07) is 3.95. The lowest BCUT2D eigenvalue weighted by Gasteiger charge is -2.05. The first-order valence-corrected chi connectivity index (χ1v) is 5.66. The summed E-state index contributed by atoms with van der Waals surface area (Å²) in [5.74, 6) is 1.31. The summed E-state index contributed by atoms with van der Waals surface area (Å²) < 4.78 is 32.9. The van der Waals surface area contributed by atoms with Gasteiger partial charge in [-0.05, 0) is 30.9 Å². The number of rotatable bonds is 2. The van der Waals surface area contributed by atoms with Crippen LogP contribution in [0.3, 0.4) is 0 Å². The van der Waals surface area contributed by atoms with E-state index in [1.165, 1.54) is 6.92 Å². The van der Waals surface area contributed by atoms with Crippen LogP contribution in [0, 0.1) is 5.92 Å². The van der Waals surface area contributed by atoms with Gasteiger partial charge < -0.3 is 5.73 Å². The second kappa shape index (κ2) is 7.74. The summed E-state index contributed by atoms with van der Waals surface area (Å²) >= 11 is 0. The van der Waals surface area contributed by atoms with Crippen molar-refractivity contribution in [1.29, 1.82) is 0 Å². The van der Waals surface area contributed by atoms with Crippen molar-refractivity contribution in [2.45, 2.75) is 33.4 Å². The average Bonchev–Trinajstić information content (AvgIpc) is 2.20. The second-order valence-corrected chi connectivity index (χ2v) is 4.19. The molecule has 102 valence electrons. The quantitative estimate of drug-likeness (QED) is 0.817. The molecular formula is C13H19F3N2. The Hall–Kier alpha value is -1.52. The van der Waals surface area contributed by atoms with Crippen LogP contribution in [0.25, 0.3) is 0 Å². The normalized spacial score (nSPS) is 11.5. The summed E-state index contributed by atoms with van der Waals surface area (Å²) in [4.78, 5) is 4.01. The maximum Gasteiger partial charge on any atom is 0.409 e. The Balaban J connectivity index is 0.000000360. The summed E-state index contributed by atoms with van der Waals surface area (Å²) in [5, 5.41) is 0. The Morgan fingerprint density at radius 2 is 2.00 bits per heavy atom. The van der Waals surface area contributed by atoms with E-state index in [-0.39, 0.29) is 6.08 Å². The molecule has 0 aromatic carbocycles. The maximum atomic E-state index is 11.0. The van der Waals surface area contributed by atoms with E-state index in [4.69, 9.17) is 5.73 Å². The van der Waals surface area contributed by atoms with Crippen molar-refractivity contribution in [2.75, 3.05) is 5.73 Å². The summed E-state index contributed by atoms with van der Waals surface area (Å²) in [6.45, 7) is 5.67. The molecule has 0 aliphatic rings. The highest BCUT2D eigenvalue weighted by Gasteiger charge is 2.20. The zero-order valence-electron chi connectivity index (χ0n) is 10.8. The zero-order chi connectivity index (χ0) is 14.2. The third-order valence-corrected chi connectivity index (χ3v) is 1.91. The van der Waals surface area contributed by atoms with Crippen LogP contribution in [0.1, 0.15) is 26.3 Å². The molecule has 2 N–H and O–H groups in total. The van der Waals surface area contributed by atoms with Gasteiger partial charge in [0.15, 0.2) is 0 Å². The smallest absolute Gasteiger partial charge is 0.383 e. The highest BCUT2D eigenvalue weighted by Crippen LogP contribution is 2.15. The van der Waals surface area contributed by atoms with Crippen LogP contribution in [0.5, 0.6) is 0 Å². The number of alkyl halides is 3. The fourth-order valence-electron chi connectivity index (χ4n) is 1.25. The van der Waals surface area contributed by atoms with E-state index in [1.54, 1.807) is 6.20 Å². The third kappa shape index (κ3) is 8.61. The van der Waals surface area contributed by atoms with Crippen LogP contribution in [-0.2, 0) is 6.42 Å². The standard InChI is InChI=1S/C9H14N2.C4H5F3/c1-7(2)6-8-4-3-5-11-9(8)10;1-2-3-4(5,6)7/h3-5,7H,6H2,1-2H3,(H2,10,11);2-3H,1H3/b;3-2+. The van der Waals surface area contributed by atoms with Gasteiger partial charge in [-0.2, -0.15) is 13.2 Å². The Bertz CT molecular complexity index is 371. The molecule has 5 heteroatoms. The Morgan fingerprint density at radius 1 is 1.39 bits per heavy atom. The van der Waals surface area contributed by atoms with Crippen LogP contribution in [0.4, 0.5) is 19.0 Å². The second-order valence-electron chi connectivity index (χ2n) is 4.19. The number of halogens is 3. The van der Waals surface area contributed by atoms with Crippen molar-refractivity contribution >= 4 is 5.82 Å². The predicted octanol–water partition coefficient (Wildman–Crippen LogP) is 3.99. The monoisotopic (exact) mass is 260 g/mol. The van der Waals surface area contributed by atoms with E-state index < -0.39 is 6.18 Å². The van der Waals surface area contributed by atoms with Gasteiger partial charge in [-0.3, -0.25) is 0 Å². The van der Waals surface area contributed by atoms with Gasteiger partial charge in [0, 0.05) is 12.3 Å². The van der Waals surface area contributed by atoms with E-state index in [0.29, 0.717) is 11.7 Å². The molecule has 0 spiro atoms. The van der Waals surface area contributed by atoms with Crippen molar-refractivity contribution in [3.8, 4) is 0 Å². The minimum absolute atomic E-state index is 0.188. The molecule has 0 unspecified atom stereocenters. The van der Waals surface area contributed by atoms with Crippen molar-refractivity contribution in [3.05, 3.63) is 36.0 Å². The number of allylic oxidation sites excluding steroid dienone is 2. The maximum absolute atomic E-state index is 11.0. The zero-order valence-corrected chi connectivity index (χ0v) is 10.8. The highest BCUT2D eigenvalue weighted by molar-refractivity contribution is 5.38.